The number of hydrogen-bond acceptors (Lipinski definition) is 5. The Hall–Kier alpha value is -3.18. The van der Waals surface area contributed by atoms with Crippen LogP contribution < -0.4 is 9.47 Å². The zero-order valence-corrected chi connectivity index (χ0v) is 15.4. The molecule has 1 aromatic heterocycles. The van der Waals surface area contributed by atoms with Crippen LogP contribution in [0.2, 0.25) is 0 Å². The highest BCUT2D eigenvalue weighted by molar-refractivity contribution is 7.10. The van der Waals surface area contributed by atoms with Crippen LogP contribution in [0.1, 0.15) is 26.4 Å². The van der Waals surface area contributed by atoms with Crippen molar-refractivity contribution in [3.8, 4) is 11.5 Å². The number of allylic oxidation sites excluding steroid dienone is 1. The topological polar surface area (TPSA) is 52.6 Å². The molecular weight excluding hydrogens is 360 g/mol. The molecule has 0 N–H and O–H groups in total. The number of rotatable bonds is 4. The highest BCUT2D eigenvalue weighted by atomic mass is 32.1. The van der Waals surface area contributed by atoms with E-state index in [2.05, 4.69) is 0 Å². The third-order valence-corrected chi connectivity index (χ3v) is 5.09. The van der Waals surface area contributed by atoms with Gasteiger partial charge in [0.05, 0.1) is 12.0 Å². The smallest absolute Gasteiger partial charge is 0.315 e. The number of carbonyl (C=O) groups excluding carboxylic acids is 2. The van der Waals surface area contributed by atoms with Crippen LogP contribution in [0.3, 0.4) is 0 Å². The Morgan fingerprint density at radius 2 is 1.93 bits per heavy atom. The average molecular weight is 376 g/mol. The number of carbonyl (C=O) groups is 2. The molecule has 27 heavy (non-hydrogen) atoms. The standard InChI is InChI=1S/C22H16O4S/c1-14-18(25-20(23)12-15-6-3-2-4-7-15)10-9-17-21(24)19(26-22(14)17)13-16-8-5-11-27-16/h2-11,13H,12H2,1H3/b19-13-. The molecule has 0 atom stereocenters. The summed E-state index contributed by atoms with van der Waals surface area (Å²) in [7, 11) is 0. The number of esters is 1. The Labute approximate surface area is 160 Å². The molecular formula is C22H16O4S. The molecule has 1 aliphatic heterocycles. The first-order valence-corrected chi connectivity index (χ1v) is 9.36. The van der Waals surface area contributed by atoms with Crippen LogP contribution in [0, 0.1) is 6.92 Å². The first-order valence-electron chi connectivity index (χ1n) is 8.48. The van der Waals surface area contributed by atoms with Crippen LogP contribution in [0.15, 0.2) is 65.7 Å². The van der Waals surface area contributed by atoms with Gasteiger partial charge < -0.3 is 9.47 Å². The molecule has 5 heteroatoms. The lowest BCUT2D eigenvalue weighted by Gasteiger charge is -2.10. The van der Waals surface area contributed by atoms with Crippen molar-refractivity contribution < 1.29 is 19.1 Å². The Morgan fingerprint density at radius 3 is 2.67 bits per heavy atom. The van der Waals surface area contributed by atoms with Gasteiger partial charge in [0.15, 0.2) is 5.76 Å². The van der Waals surface area contributed by atoms with Gasteiger partial charge in [0.2, 0.25) is 5.78 Å². The highest BCUT2D eigenvalue weighted by Crippen LogP contribution is 2.39. The van der Waals surface area contributed by atoms with Crippen molar-refractivity contribution >= 4 is 29.2 Å². The van der Waals surface area contributed by atoms with Crippen LogP contribution in [0.5, 0.6) is 11.5 Å². The van der Waals surface area contributed by atoms with Crippen LogP contribution in [0.4, 0.5) is 0 Å². The zero-order chi connectivity index (χ0) is 18.8. The molecule has 0 spiro atoms. The first-order chi connectivity index (χ1) is 13.1. The predicted octanol–water partition coefficient (Wildman–Crippen LogP) is 4.82. The summed E-state index contributed by atoms with van der Waals surface area (Å²) < 4.78 is 11.3. The van der Waals surface area contributed by atoms with Crippen LogP contribution >= 0.6 is 11.3 Å². The first kappa shape index (κ1) is 17.2. The van der Waals surface area contributed by atoms with Gasteiger partial charge in [-0.2, -0.15) is 0 Å². The minimum atomic E-state index is -0.358. The maximum Gasteiger partial charge on any atom is 0.315 e. The molecule has 0 saturated carbocycles. The van der Waals surface area contributed by atoms with Gasteiger partial charge in [0, 0.05) is 16.5 Å². The van der Waals surface area contributed by atoms with Crippen LogP contribution in [0.25, 0.3) is 6.08 Å². The molecule has 4 nitrogen and oxygen atoms in total. The molecule has 0 aliphatic carbocycles. The van der Waals surface area contributed by atoms with E-state index in [1.807, 2.05) is 47.8 Å². The number of thiophene rings is 1. The Kier molecular flexibility index (Phi) is 4.60. The fourth-order valence-electron chi connectivity index (χ4n) is 2.90. The summed E-state index contributed by atoms with van der Waals surface area (Å²) in [6.45, 7) is 1.78. The number of hydrogen-bond donors (Lipinski definition) is 0. The minimum absolute atomic E-state index is 0.163. The van der Waals surface area contributed by atoms with E-state index in [1.165, 1.54) is 11.3 Å². The van der Waals surface area contributed by atoms with E-state index >= 15 is 0 Å². The quantitative estimate of drug-likeness (QED) is 0.372. The fourth-order valence-corrected chi connectivity index (χ4v) is 3.55. The molecule has 4 rings (SSSR count). The Balaban J connectivity index is 1.55. The van der Waals surface area contributed by atoms with Gasteiger partial charge in [-0.25, -0.2) is 0 Å². The number of ether oxygens (including phenoxy) is 2. The molecule has 1 aliphatic rings. The van der Waals surface area contributed by atoms with Gasteiger partial charge in [0.25, 0.3) is 0 Å². The van der Waals surface area contributed by atoms with E-state index in [0.29, 0.717) is 22.6 Å². The lowest BCUT2D eigenvalue weighted by atomic mass is 10.1. The van der Waals surface area contributed by atoms with E-state index < -0.39 is 0 Å². The van der Waals surface area contributed by atoms with Crippen molar-refractivity contribution in [2.75, 3.05) is 0 Å². The normalized spacial score (nSPS) is 14.1. The van der Waals surface area contributed by atoms with Gasteiger partial charge in [-0.15, -0.1) is 11.3 Å². The van der Waals surface area contributed by atoms with Crippen molar-refractivity contribution in [1.82, 2.24) is 0 Å². The summed E-state index contributed by atoms with van der Waals surface area (Å²) in [5, 5.41) is 1.94. The lowest BCUT2D eigenvalue weighted by Crippen LogP contribution is -2.12. The summed E-state index contributed by atoms with van der Waals surface area (Å²) in [6.07, 6.45) is 1.91. The second-order valence-electron chi connectivity index (χ2n) is 6.16. The summed E-state index contributed by atoms with van der Waals surface area (Å²) in [6, 6.07) is 16.5. The van der Waals surface area contributed by atoms with Gasteiger partial charge in [-0.1, -0.05) is 36.4 Å². The maximum atomic E-state index is 12.6. The lowest BCUT2D eigenvalue weighted by molar-refractivity contribution is -0.133. The van der Waals surface area contributed by atoms with E-state index in [-0.39, 0.29) is 23.9 Å². The van der Waals surface area contributed by atoms with Gasteiger partial charge in [0.1, 0.15) is 11.5 Å². The van der Waals surface area contributed by atoms with Gasteiger partial charge in [-0.3, -0.25) is 9.59 Å². The summed E-state index contributed by atoms with van der Waals surface area (Å²) >= 11 is 1.53. The largest absolute Gasteiger partial charge is 0.452 e. The molecule has 134 valence electrons. The average Bonchev–Trinajstić information content (AvgIpc) is 3.28. The summed E-state index contributed by atoms with van der Waals surface area (Å²) in [4.78, 5) is 25.7. The second kappa shape index (κ2) is 7.21. The van der Waals surface area contributed by atoms with Gasteiger partial charge >= 0.3 is 5.97 Å². The maximum absolute atomic E-state index is 12.6. The van der Waals surface area contributed by atoms with Crippen molar-refractivity contribution in [3.63, 3.8) is 0 Å². The molecule has 0 saturated heterocycles. The molecule has 0 fully saturated rings. The van der Waals surface area contributed by atoms with Crippen LogP contribution in [-0.4, -0.2) is 11.8 Å². The number of Topliss-reactive ketones (excluding diaryl/α,β-unsaturated/α-hetero) is 1. The van der Waals surface area contributed by atoms with E-state index in [0.717, 1.165) is 10.4 Å². The SMILES string of the molecule is Cc1c(OC(=O)Cc2ccccc2)ccc2c1O/C(=C\c1cccs1)C2=O. The Morgan fingerprint density at radius 1 is 1.11 bits per heavy atom. The van der Waals surface area contributed by atoms with E-state index in [4.69, 9.17) is 9.47 Å². The molecule has 0 bridgehead atoms. The molecule has 0 unspecified atom stereocenters. The molecule has 0 amide bonds. The van der Waals surface area contributed by atoms with Crippen molar-refractivity contribution in [1.29, 1.82) is 0 Å². The number of ketones is 1. The van der Waals surface area contributed by atoms with Gasteiger partial charge in [-0.05, 0) is 36.1 Å². The fraction of sp³-hybridized carbons (Fsp3) is 0.0909. The monoisotopic (exact) mass is 376 g/mol. The van der Waals surface area contributed by atoms with Crippen molar-refractivity contribution in [3.05, 3.63) is 87.3 Å². The third-order valence-electron chi connectivity index (χ3n) is 4.27. The molecule has 2 aromatic carbocycles. The minimum Gasteiger partial charge on any atom is -0.452 e. The van der Waals surface area contributed by atoms with Crippen molar-refractivity contribution in [2.24, 2.45) is 0 Å². The molecule has 0 radical (unpaired) electrons. The van der Waals surface area contributed by atoms with E-state index in [1.54, 1.807) is 25.1 Å². The highest BCUT2D eigenvalue weighted by Gasteiger charge is 2.30. The Bertz CT molecular complexity index is 1030. The third kappa shape index (κ3) is 3.55. The molecule has 3 aromatic rings. The predicted molar refractivity (Wildman–Crippen MR) is 104 cm³/mol. The van der Waals surface area contributed by atoms with E-state index in [9.17, 15) is 9.59 Å². The summed E-state index contributed by atoms with van der Waals surface area (Å²) in [5.74, 6) is 0.613. The summed E-state index contributed by atoms with van der Waals surface area (Å²) in [5.41, 5.74) is 2.00. The number of benzene rings is 2. The van der Waals surface area contributed by atoms with Crippen LogP contribution in [-0.2, 0) is 11.2 Å². The second-order valence-corrected chi connectivity index (χ2v) is 7.14. The number of fused-ring (bicyclic) bond motifs is 1. The molecule has 2 heterocycles. The zero-order valence-electron chi connectivity index (χ0n) is 14.6. The van der Waals surface area contributed by atoms with Crippen molar-refractivity contribution in [2.45, 2.75) is 13.3 Å².